The zero-order chi connectivity index (χ0) is 13.7. The predicted octanol–water partition coefficient (Wildman–Crippen LogP) is 0.823. The molecular formula is C12H17NO5. The zero-order valence-electron chi connectivity index (χ0n) is 10.4. The number of aliphatic carboxylic acids is 1. The highest BCUT2D eigenvalue weighted by molar-refractivity contribution is 5.91. The quantitative estimate of drug-likeness (QED) is 0.785. The third-order valence-electron chi connectivity index (χ3n) is 2.42. The summed E-state index contributed by atoms with van der Waals surface area (Å²) in [5, 5.41) is 18.2. The third kappa shape index (κ3) is 3.89. The van der Waals surface area contributed by atoms with Crippen molar-refractivity contribution in [1.29, 1.82) is 0 Å². The van der Waals surface area contributed by atoms with Gasteiger partial charge in [0.2, 0.25) is 0 Å². The Hall–Kier alpha value is -1.82. The van der Waals surface area contributed by atoms with E-state index in [9.17, 15) is 14.7 Å². The summed E-state index contributed by atoms with van der Waals surface area (Å²) in [6.45, 7) is 3.14. The molecule has 1 heterocycles. The van der Waals surface area contributed by atoms with Crippen LogP contribution in [0.5, 0.6) is 0 Å². The first-order valence-corrected chi connectivity index (χ1v) is 5.65. The fourth-order valence-corrected chi connectivity index (χ4v) is 1.52. The summed E-state index contributed by atoms with van der Waals surface area (Å²) in [6.07, 6.45) is 0.638. The first kappa shape index (κ1) is 14.2. The van der Waals surface area contributed by atoms with Crippen LogP contribution in [0.1, 0.15) is 24.4 Å². The molecule has 18 heavy (non-hydrogen) atoms. The highest BCUT2D eigenvalue weighted by atomic mass is 16.4. The zero-order valence-corrected chi connectivity index (χ0v) is 10.4. The maximum absolute atomic E-state index is 12.0. The second kappa shape index (κ2) is 6.20. The molecule has 0 bridgehead atoms. The van der Waals surface area contributed by atoms with E-state index in [2.05, 4.69) is 0 Å². The molecule has 0 radical (unpaired) electrons. The SMILES string of the molecule is CC(O)CN(CC(C)C(=O)O)C(=O)c1ccco1. The molecule has 100 valence electrons. The van der Waals surface area contributed by atoms with Crippen LogP contribution in [0.25, 0.3) is 0 Å². The molecule has 1 aromatic rings. The Kier molecular flexibility index (Phi) is 4.91. The van der Waals surface area contributed by atoms with Crippen molar-refractivity contribution in [3.05, 3.63) is 24.2 Å². The molecule has 1 rings (SSSR count). The number of carboxylic acid groups (broad SMARTS) is 1. The number of carbonyl (C=O) groups excluding carboxylic acids is 1. The van der Waals surface area contributed by atoms with Gasteiger partial charge in [0.05, 0.1) is 18.3 Å². The topological polar surface area (TPSA) is 91.0 Å². The lowest BCUT2D eigenvalue weighted by Crippen LogP contribution is -2.40. The Morgan fingerprint density at radius 3 is 2.50 bits per heavy atom. The Morgan fingerprint density at radius 2 is 2.06 bits per heavy atom. The van der Waals surface area contributed by atoms with Crippen LogP contribution in [0.2, 0.25) is 0 Å². The number of nitrogens with zero attached hydrogens (tertiary/aromatic N) is 1. The van der Waals surface area contributed by atoms with E-state index in [1.807, 2.05) is 0 Å². The number of hydrogen-bond donors (Lipinski definition) is 2. The van der Waals surface area contributed by atoms with Crippen molar-refractivity contribution in [3.8, 4) is 0 Å². The molecular weight excluding hydrogens is 238 g/mol. The summed E-state index contributed by atoms with van der Waals surface area (Å²) in [4.78, 5) is 24.1. The number of furan rings is 1. The second-order valence-electron chi connectivity index (χ2n) is 4.28. The van der Waals surface area contributed by atoms with Gasteiger partial charge in [-0.3, -0.25) is 9.59 Å². The molecule has 1 aromatic heterocycles. The fraction of sp³-hybridized carbons (Fsp3) is 0.500. The number of carboxylic acids is 1. The van der Waals surface area contributed by atoms with E-state index in [-0.39, 0.29) is 18.8 Å². The maximum Gasteiger partial charge on any atom is 0.308 e. The molecule has 1 amide bonds. The molecule has 0 aromatic carbocycles. The molecule has 0 aliphatic rings. The summed E-state index contributed by atoms with van der Waals surface area (Å²) in [5.74, 6) is -1.98. The van der Waals surface area contributed by atoms with Crippen LogP contribution in [0.15, 0.2) is 22.8 Å². The van der Waals surface area contributed by atoms with E-state index in [0.29, 0.717) is 0 Å². The summed E-state index contributed by atoms with van der Waals surface area (Å²) in [7, 11) is 0. The molecule has 2 atom stereocenters. The number of amides is 1. The number of aliphatic hydroxyl groups excluding tert-OH is 1. The van der Waals surface area contributed by atoms with Crippen molar-refractivity contribution < 1.29 is 24.2 Å². The van der Waals surface area contributed by atoms with Gasteiger partial charge in [-0.15, -0.1) is 0 Å². The summed E-state index contributed by atoms with van der Waals surface area (Å²) in [5.41, 5.74) is 0. The third-order valence-corrected chi connectivity index (χ3v) is 2.42. The van der Waals surface area contributed by atoms with Crippen molar-refractivity contribution >= 4 is 11.9 Å². The van der Waals surface area contributed by atoms with E-state index in [0.717, 1.165) is 0 Å². The van der Waals surface area contributed by atoms with Crippen LogP contribution in [-0.4, -0.2) is 46.2 Å². The molecule has 2 N–H and O–H groups in total. The van der Waals surface area contributed by atoms with Crippen LogP contribution in [0, 0.1) is 5.92 Å². The van der Waals surface area contributed by atoms with Crippen molar-refractivity contribution in [3.63, 3.8) is 0 Å². The second-order valence-corrected chi connectivity index (χ2v) is 4.28. The van der Waals surface area contributed by atoms with E-state index in [1.165, 1.54) is 31.1 Å². The van der Waals surface area contributed by atoms with Crippen LogP contribution in [0.4, 0.5) is 0 Å². The molecule has 0 saturated heterocycles. The van der Waals surface area contributed by atoms with Crippen molar-refractivity contribution in [2.45, 2.75) is 20.0 Å². The lowest BCUT2D eigenvalue weighted by Gasteiger charge is -2.24. The molecule has 0 aliphatic heterocycles. The molecule has 0 spiro atoms. The molecule has 2 unspecified atom stereocenters. The van der Waals surface area contributed by atoms with E-state index < -0.39 is 23.9 Å². The number of aliphatic hydroxyl groups is 1. The van der Waals surface area contributed by atoms with Crippen molar-refractivity contribution in [2.24, 2.45) is 5.92 Å². The monoisotopic (exact) mass is 255 g/mol. The van der Waals surface area contributed by atoms with Crippen LogP contribution >= 0.6 is 0 Å². The Bertz CT molecular complexity index is 399. The number of rotatable bonds is 6. The minimum absolute atomic E-state index is 0.0275. The fourth-order valence-electron chi connectivity index (χ4n) is 1.52. The van der Waals surface area contributed by atoms with E-state index in [4.69, 9.17) is 9.52 Å². The van der Waals surface area contributed by atoms with Crippen molar-refractivity contribution in [2.75, 3.05) is 13.1 Å². The molecule has 0 fully saturated rings. The van der Waals surface area contributed by atoms with Gasteiger partial charge in [-0.25, -0.2) is 0 Å². The van der Waals surface area contributed by atoms with E-state index in [1.54, 1.807) is 6.07 Å². The Labute approximate surface area is 105 Å². The summed E-state index contributed by atoms with van der Waals surface area (Å²) >= 11 is 0. The first-order valence-electron chi connectivity index (χ1n) is 5.65. The van der Waals surface area contributed by atoms with Crippen LogP contribution in [-0.2, 0) is 4.79 Å². The van der Waals surface area contributed by atoms with Gasteiger partial charge in [-0.2, -0.15) is 0 Å². The average molecular weight is 255 g/mol. The standard InChI is InChI=1S/C12H17NO5/c1-8(12(16)17)6-13(7-9(2)14)11(15)10-4-3-5-18-10/h3-5,8-9,14H,6-7H2,1-2H3,(H,16,17). The smallest absolute Gasteiger partial charge is 0.308 e. The van der Waals surface area contributed by atoms with Gasteiger partial charge >= 0.3 is 5.97 Å². The van der Waals surface area contributed by atoms with E-state index >= 15 is 0 Å². The number of carbonyl (C=O) groups is 2. The highest BCUT2D eigenvalue weighted by Gasteiger charge is 2.24. The lowest BCUT2D eigenvalue weighted by molar-refractivity contribution is -0.141. The molecule has 6 nitrogen and oxygen atoms in total. The van der Waals surface area contributed by atoms with Crippen LogP contribution < -0.4 is 0 Å². The predicted molar refractivity (Wildman–Crippen MR) is 63.1 cm³/mol. The van der Waals surface area contributed by atoms with Gasteiger partial charge in [0, 0.05) is 13.1 Å². The average Bonchev–Trinajstić information content (AvgIpc) is 2.79. The van der Waals surface area contributed by atoms with Gasteiger partial charge in [0.1, 0.15) is 0 Å². The minimum Gasteiger partial charge on any atom is -0.481 e. The Balaban J connectivity index is 2.78. The van der Waals surface area contributed by atoms with Gasteiger partial charge in [-0.05, 0) is 19.1 Å². The number of hydrogen-bond acceptors (Lipinski definition) is 4. The maximum atomic E-state index is 12.0. The summed E-state index contributed by atoms with van der Waals surface area (Å²) < 4.78 is 4.98. The molecule has 0 aliphatic carbocycles. The minimum atomic E-state index is -0.988. The van der Waals surface area contributed by atoms with Gasteiger partial charge in [0.15, 0.2) is 5.76 Å². The summed E-state index contributed by atoms with van der Waals surface area (Å²) in [6, 6.07) is 3.08. The lowest BCUT2D eigenvalue weighted by atomic mass is 10.1. The first-order chi connectivity index (χ1) is 8.41. The largest absolute Gasteiger partial charge is 0.481 e. The normalized spacial score (nSPS) is 13.9. The Morgan fingerprint density at radius 1 is 1.39 bits per heavy atom. The highest BCUT2D eigenvalue weighted by Crippen LogP contribution is 2.09. The van der Waals surface area contributed by atoms with Crippen molar-refractivity contribution in [1.82, 2.24) is 4.90 Å². The van der Waals surface area contributed by atoms with Gasteiger partial charge < -0.3 is 19.5 Å². The van der Waals surface area contributed by atoms with Crippen LogP contribution in [0.3, 0.4) is 0 Å². The van der Waals surface area contributed by atoms with Gasteiger partial charge in [-0.1, -0.05) is 6.92 Å². The molecule has 6 heteroatoms. The van der Waals surface area contributed by atoms with Gasteiger partial charge in [0.25, 0.3) is 5.91 Å². The molecule has 0 saturated carbocycles.